The number of carbonyl (C=O) groups is 1. The van der Waals surface area contributed by atoms with Crippen molar-refractivity contribution >= 4 is 22.8 Å². The van der Waals surface area contributed by atoms with E-state index in [1.54, 1.807) is 10.8 Å². The minimum atomic E-state index is -0.129. The van der Waals surface area contributed by atoms with Crippen LogP contribution in [-0.2, 0) is 11.3 Å². The molecule has 8 heteroatoms. The van der Waals surface area contributed by atoms with Crippen molar-refractivity contribution in [1.29, 1.82) is 0 Å². The number of para-hydroxylation sites is 2. The number of aryl methyl sites for hydroxylation is 1. The molecule has 31 heavy (non-hydrogen) atoms. The van der Waals surface area contributed by atoms with Crippen LogP contribution in [-0.4, -0.2) is 54.1 Å². The molecule has 1 aliphatic heterocycles. The van der Waals surface area contributed by atoms with Gasteiger partial charge in [0.25, 0.3) is 5.56 Å². The Morgan fingerprint density at radius 3 is 2.68 bits per heavy atom. The number of carbonyl (C=O) groups excluding carboxylic acids is 1. The molecular formula is C23H29N5O3. The molecule has 0 bridgehead atoms. The number of aromatic nitrogens is 2. The minimum Gasteiger partial charge on any atom is -0.468 e. The summed E-state index contributed by atoms with van der Waals surface area (Å²) in [4.78, 5) is 34.5. The molecule has 1 fully saturated rings. The molecule has 0 radical (unpaired) electrons. The van der Waals surface area contributed by atoms with Crippen LogP contribution in [0.4, 0.5) is 5.82 Å². The Morgan fingerprint density at radius 2 is 1.97 bits per heavy atom. The number of fused-ring (bicyclic) bond motifs is 1. The summed E-state index contributed by atoms with van der Waals surface area (Å²) in [6.45, 7) is 2.44. The monoisotopic (exact) mass is 423 g/mol. The smallest absolute Gasteiger partial charge is 0.294 e. The third-order valence-electron chi connectivity index (χ3n) is 5.79. The molecule has 0 saturated carbocycles. The van der Waals surface area contributed by atoms with Crippen molar-refractivity contribution in [3.05, 3.63) is 58.8 Å². The number of nitrogens with one attached hydrogen (secondary N) is 1. The summed E-state index contributed by atoms with van der Waals surface area (Å²) in [6.07, 6.45) is 3.98. The molecule has 1 saturated heterocycles. The fraction of sp³-hybridized carbons (Fsp3) is 0.435. The third-order valence-corrected chi connectivity index (χ3v) is 5.79. The van der Waals surface area contributed by atoms with Gasteiger partial charge in [0.1, 0.15) is 5.76 Å². The van der Waals surface area contributed by atoms with Gasteiger partial charge in [-0.1, -0.05) is 12.1 Å². The lowest BCUT2D eigenvalue weighted by Crippen LogP contribution is -2.36. The van der Waals surface area contributed by atoms with Gasteiger partial charge in [-0.05, 0) is 51.2 Å². The summed E-state index contributed by atoms with van der Waals surface area (Å²) in [7, 11) is 3.89. The number of benzene rings is 1. The molecular weight excluding hydrogens is 394 g/mol. The van der Waals surface area contributed by atoms with E-state index in [0.29, 0.717) is 18.9 Å². The normalized spacial score (nSPS) is 15.0. The zero-order valence-electron chi connectivity index (χ0n) is 18.1. The molecule has 3 heterocycles. The first kappa shape index (κ1) is 21.1. The van der Waals surface area contributed by atoms with Crippen molar-refractivity contribution in [1.82, 2.24) is 19.8 Å². The number of furan rings is 1. The number of likely N-dealkylation sites (N-methyl/N-ethyl adjacent to an activating group) is 1. The van der Waals surface area contributed by atoms with Gasteiger partial charge in [0, 0.05) is 32.6 Å². The van der Waals surface area contributed by atoms with Crippen molar-refractivity contribution < 1.29 is 9.21 Å². The van der Waals surface area contributed by atoms with E-state index >= 15 is 0 Å². The van der Waals surface area contributed by atoms with Gasteiger partial charge in [0.2, 0.25) is 5.91 Å². The first-order chi connectivity index (χ1) is 15.0. The van der Waals surface area contributed by atoms with E-state index in [0.717, 1.165) is 42.7 Å². The van der Waals surface area contributed by atoms with Crippen molar-refractivity contribution in [3.8, 4) is 0 Å². The quantitative estimate of drug-likeness (QED) is 0.599. The van der Waals surface area contributed by atoms with E-state index in [2.05, 4.69) is 15.2 Å². The molecule has 3 aromatic rings. The van der Waals surface area contributed by atoms with E-state index in [-0.39, 0.29) is 23.9 Å². The van der Waals surface area contributed by atoms with Gasteiger partial charge < -0.3 is 19.2 Å². The summed E-state index contributed by atoms with van der Waals surface area (Å²) < 4.78 is 7.18. The highest BCUT2D eigenvalue weighted by molar-refractivity contribution is 5.78. The van der Waals surface area contributed by atoms with E-state index in [1.165, 1.54) is 0 Å². The molecule has 0 aliphatic carbocycles. The van der Waals surface area contributed by atoms with E-state index in [9.17, 15) is 9.59 Å². The number of hydrogen-bond donors (Lipinski definition) is 1. The zero-order valence-corrected chi connectivity index (χ0v) is 18.1. The number of rotatable bonds is 8. The highest BCUT2D eigenvalue weighted by Gasteiger charge is 2.21. The fourth-order valence-electron chi connectivity index (χ4n) is 4.07. The van der Waals surface area contributed by atoms with Gasteiger partial charge in [-0.2, -0.15) is 0 Å². The van der Waals surface area contributed by atoms with E-state index in [4.69, 9.17) is 4.42 Å². The third kappa shape index (κ3) is 4.64. The Balaban J connectivity index is 1.48. The lowest BCUT2D eigenvalue weighted by Gasteiger charge is -2.22. The van der Waals surface area contributed by atoms with Crippen LogP contribution in [0.3, 0.4) is 0 Å². The van der Waals surface area contributed by atoms with Gasteiger partial charge >= 0.3 is 0 Å². The first-order valence-corrected chi connectivity index (χ1v) is 10.8. The predicted octanol–water partition coefficient (Wildman–Crippen LogP) is 2.40. The Labute approximate surface area is 181 Å². The maximum absolute atomic E-state index is 13.2. The Hall–Kier alpha value is -3.13. The van der Waals surface area contributed by atoms with Crippen LogP contribution in [0.2, 0.25) is 0 Å². The summed E-state index contributed by atoms with van der Waals surface area (Å²) in [6, 6.07) is 11.3. The van der Waals surface area contributed by atoms with E-state index < -0.39 is 0 Å². The summed E-state index contributed by atoms with van der Waals surface area (Å²) in [5.74, 6) is 1.19. The maximum atomic E-state index is 13.2. The molecule has 0 spiro atoms. The SMILES string of the molecule is CN(C)C(CNC(=O)CCn1c(=O)c(N2CCCC2)nc2ccccc21)c1ccco1. The predicted molar refractivity (Wildman–Crippen MR) is 120 cm³/mol. The highest BCUT2D eigenvalue weighted by atomic mass is 16.3. The van der Waals surface area contributed by atoms with Crippen LogP contribution >= 0.6 is 0 Å². The van der Waals surface area contributed by atoms with Crippen molar-refractivity contribution in [3.63, 3.8) is 0 Å². The second kappa shape index (κ2) is 9.34. The van der Waals surface area contributed by atoms with Crippen molar-refractivity contribution in [2.24, 2.45) is 0 Å². The number of anilines is 1. The Bertz CT molecular complexity index is 1080. The lowest BCUT2D eigenvalue weighted by atomic mass is 10.2. The number of hydrogen-bond acceptors (Lipinski definition) is 6. The average Bonchev–Trinajstić information content (AvgIpc) is 3.47. The second-order valence-corrected chi connectivity index (χ2v) is 8.12. The van der Waals surface area contributed by atoms with Crippen molar-refractivity contribution in [2.75, 3.05) is 38.6 Å². The molecule has 8 nitrogen and oxygen atoms in total. The highest BCUT2D eigenvalue weighted by Crippen LogP contribution is 2.19. The number of nitrogens with zero attached hydrogens (tertiary/aromatic N) is 4. The zero-order chi connectivity index (χ0) is 21.8. The van der Waals surface area contributed by atoms with Gasteiger partial charge in [-0.3, -0.25) is 14.5 Å². The summed E-state index contributed by atoms with van der Waals surface area (Å²) in [5.41, 5.74) is 1.40. The fourth-order valence-corrected chi connectivity index (χ4v) is 4.07. The van der Waals surface area contributed by atoms with Crippen LogP contribution in [0.5, 0.6) is 0 Å². The summed E-state index contributed by atoms with van der Waals surface area (Å²) >= 11 is 0. The first-order valence-electron chi connectivity index (χ1n) is 10.8. The molecule has 1 N–H and O–H groups in total. The van der Waals surface area contributed by atoms with E-state index in [1.807, 2.05) is 55.4 Å². The van der Waals surface area contributed by atoms with Crippen LogP contribution in [0.25, 0.3) is 11.0 Å². The Kier molecular flexibility index (Phi) is 6.36. The molecule has 164 valence electrons. The molecule has 2 aromatic heterocycles. The molecule has 1 aromatic carbocycles. The Morgan fingerprint density at radius 1 is 1.19 bits per heavy atom. The molecule has 1 amide bonds. The van der Waals surface area contributed by atoms with Gasteiger partial charge in [-0.25, -0.2) is 4.98 Å². The van der Waals surface area contributed by atoms with Crippen molar-refractivity contribution in [2.45, 2.75) is 31.8 Å². The molecule has 1 atom stereocenters. The molecule has 4 rings (SSSR count). The minimum absolute atomic E-state index is 0.0507. The van der Waals surface area contributed by atoms with Crippen LogP contribution in [0, 0.1) is 0 Å². The van der Waals surface area contributed by atoms with Gasteiger partial charge in [0.05, 0.1) is 23.3 Å². The average molecular weight is 424 g/mol. The lowest BCUT2D eigenvalue weighted by molar-refractivity contribution is -0.121. The number of amides is 1. The van der Waals surface area contributed by atoms with Crippen LogP contribution in [0.1, 0.15) is 31.1 Å². The standard InChI is InChI=1S/C23H29N5O3/c1-26(2)19(20-10-7-15-31-20)16-24-21(29)11-14-28-18-9-4-3-8-17(18)25-22(23(28)30)27-12-5-6-13-27/h3-4,7-10,15,19H,5-6,11-14,16H2,1-2H3,(H,24,29). The maximum Gasteiger partial charge on any atom is 0.294 e. The second-order valence-electron chi connectivity index (χ2n) is 8.12. The topological polar surface area (TPSA) is 83.6 Å². The van der Waals surface area contributed by atoms with Crippen LogP contribution in [0.15, 0.2) is 51.9 Å². The molecule has 1 aliphatic rings. The van der Waals surface area contributed by atoms with Gasteiger partial charge in [0.15, 0.2) is 5.82 Å². The summed E-state index contributed by atoms with van der Waals surface area (Å²) in [5, 5.41) is 2.98. The van der Waals surface area contributed by atoms with Crippen LogP contribution < -0.4 is 15.8 Å². The largest absolute Gasteiger partial charge is 0.468 e. The van der Waals surface area contributed by atoms with Gasteiger partial charge in [-0.15, -0.1) is 0 Å². The molecule has 1 unspecified atom stereocenters.